The molecule has 43 heavy (non-hydrogen) atoms. The Morgan fingerprint density at radius 3 is 2.09 bits per heavy atom. The highest BCUT2D eigenvalue weighted by Gasteiger charge is 2.34. The molecule has 9 heteroatoms. The standard InChI is InChI=1S/C34H36IN3O4S/c1-3-21-36-34(40)32(23-27-12-6-4-7-13-27)37(24-28-14-10-11-26(2)22-28)33(39)25-38(30-19-17-29(35)18-20-30)43(41,42)31-15-8-5-9-16-31/h4-20,22,32H,3,21,23-25H2,1-2H3,(H,36,40). The van der Waals surface area contributed by atoms with E-state index in [4.69, 9.17) is 0 Å². The minimum absolute atomic E-state index is 0.0770. The maximum Gasteiger partial charge on any atom is 0.264 e. The zero-order valence-corrected chi connectivity index (χ0v) is 27.3. The molecule has 4 aromatic carbocycles. The van der Waals surface area contributed by atoms with E-state index in [9.17, 15) is 18.0 Å². The van der Waals surface area contributed by atoms with E-state index in [0.717, 1.165) is 31.0 Å². The van der Waals surface area contributed by atoms with E-state index >= 15 is 0 Å². The smallest absolute Gasteiger partial charge is 0.264 e. The summed E-state index contributed by atoms with van der Waals surface area (Å²) in [5.41, 5.74) is 3.13. The molecule has 0 saturated carbocycles. The van der Waals surface area contributed by atoms with Gasteiger partial charge in [-0.25, -0.2) is 8.42 Å². The molecular weight excluding hydrogens is 673 g/mol. The number of anilines is 1. The number of rotatable bonds is 13. The van der Waals surface area contributed by atoms with Gasteiger partial charge in [-0.2, -0.15) is 0 Å². The lowest BCUT2D eigenvalue weighted by Crippen LogP contribution is -2.53. The number of hydrogen-bond acceptors (Lipinski definition) is 4. The second-order valence-corrected chi connectivity index (χ2v) is 13.4. The Hall–Kier alpha value is -3.70. The zero-order valence-electron chi connectivity index (χ0n) is 24.3. The van der Waals surface area contributed by atoms with Gasteiger partial charge in [-0.05, 0) is 83.5 Å². The molecule has 0 saturated heterocycles. The summed E-state index contributed by atoms with van der Waals surface area (Å²) >= 11 is 2.15. The first-order valence-electron chi connectivity index (χ1n) is 14.2. The van der Waals surface area contributed by atoms with Crippen molar-refractivity contribution in [2.45, 2.75) is 44.2 Å². The molecule has 4 aromatic rings. The Morgan fingerprint density at radius 2 is 1.47 bits per heavy atom. The molecule has 0 aliphatic carbocycles. The van der Waals surface area contributed by atoms with Crippen LogP contribution in [0.5, 0.6) is 0 Å². The van der Waals surface area contributed by atoms with Crippen molar-refractivity contribution in [3.05, 3.63) is 129 Å². The lowest BCUT2D eigenvalue weighted by atomic mass is 10.0. The highest BCUT2D eigenvalue weighted by atomic mass is 127. The monoisotopic (exact) mass is 709 g/mol. The molecule has 0 radical (unpaired) electrons. The lowest BCUT2D eigenvalue weighted by molar-refractivity contribution is -0.140. The molecule has 0 heterocycles. The van der Waals surface area contributed by atoms with E-state index in [0.29, 0.717) is 12.2 Å². The second-order valence-electron chi connectivity index (χ2n) is 10.3. The van der Waals surface area contributed by atoms with Gasteiger partial charge >= 0.3 is 0 Å². The third-order valence-corrected chi connectivity index (χ3v) is 9.49. The van der Waals surface area contributed by atoms with E-state index in [1.165, 1.54) is 17.0 Å². The molecule has 1 N–H and O–H groups in total. The first-order valence-corrected chi connectivity index (χ1v) is 16.7. The van der Waals surface area contributed by atoms with Gasteiger partial charge < -0.3 is 10.2 Å². The number of halogens is 1. The summed E-state index contributed by atoms with van der Waals surface area (Å²) in [6.45, 7) is 4.07. The third-order valence-electron chi connectivity index (χ3n) is 6.98. The van der Waals surface area contributed by atoms with Gasteiger partial charge in [0.1, 0.15) is 12.6 Å². The van der Waals surface area contributed by atoms with Crippen LogP contribution in [0.1, 0.15) is 30.0 Å². The Bertz CT molecular complexity index is 1610. The first kappa shape index (κ1) is 32.2. The SMILES string of the molecule is CCCNC(=O)C(Cc1ccccc1)N(Cc1cccc(C)c1)C(=O)CN(c1ccc(I)cc1)S(=O)(=O)c1ccccc1. The average molecular weight is 710 g/mol. The highest BCUT2D eigenvalue weighted by Crippen LogP contribution is 2.26. The molecule has 4 rings (SSSR count). The van der Waals surface area contributed by atoms with Crippen LogP contribution < -0.4 is 9.62 Å². The van der Waals surface area contributed by atoms with Crippen LogP contribution in [0, 0.1) is 10.5 Å². The van der Waals surface area contributed by atoms with Crippen LogP contribution in [0.4, 0.5) is 5.69 Å². The fourth-order valence-electron chi connectivity index (χ4n) is 4.78. The minimum atomic E-state index is -4.11. The number of sulfonamides is 1. The quantitative estimate of drug-likeness (QED) is 0.174. The summed E-state index contributed by atoms with van der Waals surface area (Å²) in [7, 11) is -4.11. The fraction of sp³-hybridized carbons (Fsp3) is 0.235. The molecule has 0 aliphatic heterocycles. The molecule has 1 unspecified atom stereocenters. The Morgan fingerprint density at radius 1 is 0.837 bits per heavy atom. The van der Waals surface area contributed by atoms with Gasteiger partial charge in [0.15, 0.2) is 0 Å². The largest absolute Gasteiger partial charge is 0.354 e. The molecule has 224 valence electrons. The van der Waals surface area contributed by atoms with Crippen molar-refractivity contribution in [3.63, 3.8) is 0 Å². The van der Waals surface area contributed by atoms with Crippen LogP contribution >= 0.6 is 22.6 Å². The third kappa shape index (κ3) is 8.67. The van der Waals surface area contributed by atoms with Crippen molar-refractivity contribution in [1.82, 2.24) is 10.2 Å². The van der Waals surface area contributed by atoms with Gasteiger partial charge in [-0.15, -0.1) is 0 Å². The van der Waals surface area contributed by atoms with E-state index in [-0.39, 0.29) is 23.8 Å². The van der Waals surface area contributed by atoms with E-state index in [1.807, 2.05) is 68.4 Å². The van der Waals surface area contributed by atoms with Crippen molar-refractivity contribution in [2.75, 3.05) is 17.4 Å². The van der Waals surface area contributed by atoms with Crippen molar-refractivity contribution >= 4 is 50.1 Å². The highest BCUT2D eigenvalue weighted by molar-refractivity contribution is 14.1. The summed E-state index contributed by atoms with van der Waals surface area (Å²) in [5.74, 6) is -0.759. The number of amides is 2. The summed E-state index contributed by atoms with van der Waals surface area (Å²) in [6, 6.07) is 31.5. The molecule has 0 aromatic heterocycles. The number of nitrogens with zero attached hydrogens (tertiary/aromatic N) is 2. The summed E-state index contributed by atoms with van der Waals surface area (Å²) in [4.78, 5) is 29.7. The van der Waals surface area contributed by atoms with Crippen molar-refractivity contribution < 1.29 is 18.0 Å². The maximum absolute atomic E-state index is 14.4. The number of nitrogens with one attached hydrogen (secondary N) is 1. The number of benzene rings is 4. The van der Waals surface area contributed by atoms with E-state index in [1.54, 1.807) is 42.5 Å². The van der Waals surface area contributed by atoms with Crippen LogP contribution in [-0.4, -0.2) is 44.3 Å². The van der Waals surface area contributed by atoms with Crippen LogP contribution in [0.2, 0.25) is 0 Å². The second kappa shape index (κ2) is 15.2. The van der Waals surface area contributed by atoms with Gasteiger partial charge in [0.2, 0.25) is 11.8 Å². The zero-order chi connectivity index (χ0) is 30.8. The van der Waals surface area contributed by atoms with Crippen molar-refractivity contribution in [3.8, 4) is 0 Å². The number of aryl methyl sites for hydroxylation is 1. The molecule has 7 nitrogen and oxygen atoms in total. The van der Waals surface area contributed by atoms with E-state index < -0.39 is 28.5 Å². The molecule has 0 aliphatic rings. The topological polar surface area (TPSA) is 86.8 Å². The number of carbonyl (C=O) groups excluding carboxylic acids is 2. The van der Waals surface area contributed by atoms with Crippen molar-refractivity contribution in [2.24, 2.45) is 0 Å². The normalized spacial score (nSPS) is 11.9. The minimum Gasteiger partial charge on any atom is -0.354 e. The molecule has 0 fully saturated rings. The Labute approximate surface area is 268 Å². The Balaban J connectivity index is 1.78. The molecule has 2 amide bonds. The van der Waals surface area contributed by atoms with Gasteiger partial charge in [-0.3, -0.25) is 13.9 Å². The number of carbonyl (C=O) groups is 2. The van der Waals surface area contributed by atoms with E-state index in [2.05, 4.69) is 27.9 Å². The van der Waals surface area contributed by atoms with Gasteiger partial charge in [0.25, 0.3) is 10.0 Å². The van der Waals surface area contributed by atoms with Gasteiger partial charge in [-0.1, -0.05) is 85.3 Å². The predicted octanol–water partition coefficient (Wildman–Crippen LogP) is 5.96. The average Bonchev–Trinajstić information content (AvgIpc) is 3.01. The summed E-state index contributed by atoms with van der Waals surface area (Å²) < 4.78 is 30.0. The van der Waals surface area contributed by atoms with Crippen LogP contribution in [0.3, 0.4) is 0 Å². The van der Waals surface area contributed by atoms with Gasteiger partial charge in [0.05, 0.1) is 10.6 Å². The fourth-order valence-corrected chi connectivity index (χ4v) is 6.58. The summed E-state index contributed by atoms with van der Waals surface area (Å²) in [5, 5.41) is 2.97. The maximum atomic E-state index is 14.4. The number of hydrogen-bond donors (Lipinski definition) is 1. The summed E-state index contributed by atoms with van der Waals surface area (Å²) in [6.07, 6.45) is 1.02. The predicted molar refractivity (Wildman–Crippen MR) is 179 cm³/mol. The van der Waals surface area contributed by atoms with Crippen LogP contribution in [0.15, 0.2) is 114 Å². The van der Waals surface area contributed by atoms with Crippen LogP contribution in [-0.2, 0) is 32.6 Å². The molecule has 1 atom stereocenters. The lowest BCUT2D eigenvalue weighted by Gasteiger charge is -2.34. The molecule has 0 spiro atoms. The van der Waals surface area contributed by atoms with Crippen molar-refractivity contribution in [1.29, 1.82) is 0 Å². The first-order chi connectivity index (χ1) is 20.7. The molecule has 0 bridgehead atoms. The Kier molecular flexibility index (Phi) is 11.4. The van der Waals surface area contributed by atoms with Crippen LogP contribution in [0.25, 0.3) is 0 Å². The van der Waals surface area contributed by atoms with Gasteiger partial charge in [0, 0.05) is 23.1 Å². The molecular formula is C34H36IN3O4S.